The fraction of sp³-hybridized carbons (Fsp3) is 0.600. The largest absolute Gasteiger partial charge is 0.398 e. The number of nitrogens with zero attached hydrogens (tertiary/aromatic N) is 1. The van der Waals surface area contributed by atoms with Crippen molar-refractivity contribution in [2.75, 3.05) is 43.4 Å². The van der Waals surface area contributed by atoms with E-state index in [4.69, 9.17) is 27.8 Å². The second kappa shape index (κ2) is 6.01. The van der Waals surface area contributed by atoms with Gasteiger partial charge in [0.1, 0.15) is 0 Å². The summed E-state index contributed by atoms with van der Waals surface area (Å²) in [5.41, 5.74) is 14.6. The molecule has 0 aromatic heterocycles. The first-order valence-corrected chi connectivity index (χ1v) is 7.89. The van der Waals surface area contributed by atoms with E-state index >= 15 is 0 Å². The Kier molecular flexibility index (Phi) is 4.26. The number of hydrogen-bond donors (Lipinski definition) is 3. The molecule has 0 radical (unpaired) electrons. The van der Waals surface area contributed by atoms with E-state index in [2.05, 4.69) is 10.2 Å². The Labute approximate surface area is 130 Å². The number of benzene rings is 1. The van der Waals surface area contributed by atoms with Crippen molar-refractivity contribution in [2.24, 2.45) is 5.73 Å². The molecule has 0 saturated carbocycles. The molecule has 6 heteroatoms. The summed E-state index contributed by atoms with van der Waals surface area (Å²) in [6.07, 6.45) is 2.02. The minimum Gasteiger partial charge on any atom is -0.398 e. The third-order valence-electron chi connectivity index (χ3n) is 4.58. The van der Waals surface area contributed by atoms with E-state index in [1.807, 2.05) is 6.07 Å². The number of nitrogen functional groups attached to an aromatic ring is 1. The summed E-state index contributed by atoms with van der Waals surface area (Å²) in [6, 6.07) is 3.74. The van der Waals surface area contributed by atoms with E-state index in [1.54, 1.807) is 6.07 Å². The molecule has 0 bridgehead atoms. The van der Waals surface area contributed by atoms with Crippen LogP contribution in [0.4, 0.5) is 11.4 Å². The summed E-state index contributed by atoms with van der Waals surface area (Å²) in [4.78, 5) is 2.33. The molecule has 116 valence electrons. The van der Waals surface area contributed by atoms with Crippen LogP contribution < -0.4 is 21.7 Å². The molecular weight excluding hydrogens is 288 g/mol. The maximum Gasteiger partial charge on any atom is 0.0840 e. The van der Waals surface area contributed by atoms with Gasteiger partial charge in [0, 0.05) is 54.7 Å². The lowest BCUT2D eigenvalue weighted by Gasteiger charge is -2.45. The van der Waals surface area contributed by atoms with Crippen LogP contribution in [0.5, 0.6) is 0 Å². The standard InChI is InChI=1S/C15H23ClN4O/c16-11-7-13(18)12(9-17)14(8-11)20-4-1-15(2-5-20)10-19-3-6-21-15/h7-8,19H,1-6,9-10,17-18H2. The highest BCUT2D eigenvalue weighted by atomic mass is 35.5. The molecule has 0 aliphatic carbocycles. The van der Waals surface area contributed by atoms with E-state index in [1.165, 1.54) is 0 Å². The van der Waals surface area contributed by atoms with Gasteiger partial charge in [0.05, 0.1) is 12.2 Å². The highest BCUT2D eigenvalue weighted by Gasteiger charge is 2.37. The highest BCUT2D eigenvalue weighted by molar-refractivity contribution is 6.31. The molecule has 3 rings (SSSR count). The van der Waals surface area contributed by atoms with Crippen molar-refractivity contribution < 1.29 is 4.74 Å². The van der Waals surface area contributed by atoms with Crippen LogP contribution in [-0.2, 0) is 11.3 Å². The lowest BCUT2D eigenvalue weighted by molar-refractivity contribution is -0.0799. The van der Waals surface area contributed by atoms with Crippen LogP contribution in [0.25, 0.3) is 0 Å². The van der Waals surface area contributed by atoms with Gasteiger partial charge in [0.2, 0.25) is 0 Å². The van der Waals surface area contributed by atoms with Gasteiger partial charge in [-0.1, -0.05) is 11.6 Å². The Morgan fingerprint density at radius 2 is 2.10 bits per heavy atom. The van der Waals surface area contributed by atoms with E-state index in [-0.39, 0.29) is 5.60 Å². The molecule has 21 heavy (non-hydrogen) atoms. The quantitative estimate of drug-likeness (QED) is 0.719. The third-order valence-corrected chi connectivity index (χ3v) is 4.80. The first-order valence-electron chi connectivity index (χ1n) is 7.51. The highest BCUT2D eigenvalue weighted by Crippen LogP contribution is 2.35. The van der Waals surface area contributed by atoms with Gasteiger partial charge in [-0.25, -0.2) is 0 Å². The molecular formula is C15H23ClN4O. The van der Waals surface area contributed by atoms with Gasteiger partial charge in [-0.2, -0.15) is 0 Å². The maximum absolute atomic E-state index is 6.16. The van der Waals surface area contributed by atoms with Gasteiger partial charge in [-0.05, 0) is 25.0 Å². The van der Waals surface area contributed by atoms with Gasteiger partial charge in [-0.15, -0.1) is 0 Å². The fourth-order valence-corrected chi connectivity index (χ4v) is 3.55. The predicted octanol–water partition coefficient (Wildman–Crippen LogP) is 1.34. The number of halogens is 1. The molecule has 1 aromatic rings. The molecule has 1 aromatic carbocycles. The Morgan fingerprint density at radius 1 is 1.33 bits per heavy atom. The van der Waals surface area contributed by atoms with E-state index in [0.717, 1.165) is 56.9 Å². The lowest BCUT2D eigenvalue weighted by atomic mass is 9.89. The Morgan fingerprint density at radius 3 is 2.71 bits per heavy atom. The molecule has 2 heterocycles. The summed E-state index contributed by atoms with van der Waals surface area (Å²) >= 11 is 6.16. The summed E-state index contributed by atoms with van der Waals surface area (Å²) in [5.74, 6) is 0. The van der Waals surface area contributed by atoms with Crippen molar-refractivity contribution in [3.8, 4) is 0 Å². The molecule has 2 fully saturated rings. The summed E-state index contributed by atoms with van der Waals surface area (Å²) in [6.45, 7) is 5.01. The van der Waals surface area contributed by atoms with Crippen LogP contribution in [0.3, 0.4) is 0 Å². The first kappa shape index (κ1) is 14.9. The molecule has 2 aliphatic heterocycles. The van der Waals surface area contributed by atoms with Crippen LogP contribution in [0.2, 0.25) is 5.02 Å². The van der Waals surface area contributed by atoms with E-state index < -0.39 is 0 Å². The molecule has 0 atom stereocenters. The van der Waals surface area contributed by atoms with Crippen LogP contribution in [0.15, 0.2) is 12.1 Å². The number of hydrogen-bond acceptors (Lipinski definition) is 5. The minimum absolute atomic E-state index is 0.00173. The predicted molar refractivity (Wildman–Crippen MR) is 86.8 cm³/mol. The van der Waals surface area contributed by atoms with E-state index in [0.29, 0.717) is 17.3 Å². The summed E-state index contributed by atoms with van der Waals surface area (Å²) < 4.78 is 6.03. The normalized spacial score (nSPS) is 21.7. The maximum atomic E-state index is 6.16. The van der Waals surface area contributed by atoms with Gasteiger partial charge in [0.25, 0.3) is 0 Å². The molecule has 2 saturated heterocycles. The number of piperidine rings is 1. The minimum atomic E-state index is 0.00173. The molecule has 0 amide bonds. The number of anilines is 2. The topological polar surface area (TPSA) is 76.5 Å². The molecule has 5 N–H and O–H groups in total. The Hall–Kier alpha value is -1.01. The molecule has 5 nitrogen and oxygen atoms in total. The van der Waals surface area contributed by atoms with Crippen molar-refractivity contribution in [1.29, 1.82) is 0 Å². The molecule has 0 unspecified atom stereocenters. The average molecular weight is 311 g/mol. The van der Waals surface area contributed by atoms with Crippen molar-refractivity contribution in [3.63, 3.8) is 0 Å². The number of morpholine rings is 1. The van der Waals surface area contributed by atoms with Crippen LogP contribution in [0, 0.1) is 0 Å². The molecule has 2 aliphatic rings. The van der Waals surface area contributed by atoms with Crippen molar-refractivity contribution in [3.05, 3.63) is 22.7 Å². The summed E-state index contributed by atoms with van der Waals surface area (Å²) in [7, 11) is 0. The Bertz CT molecular complexity index is 507. The number of ether oxygens (including phenoxy) is 1. The first-order chi connectivity index (χ1) is 10.1. The van der Waals surface area contributed by atoms with Crippen molar-refractivity contribution >= 4 is 23.0 Å². The zero-order valence-corrected chi connectivity index (χ0v) is 13.0. The summed E-state index contributed by atoms with van der Waals surface area (Å²) in [5, 5.41) is 4.10. The second-order valence-corrected chi connectivity index (χ2v) is 6.33. The average Bonchev–Trinajstić information content (AvgIpc) is 2.48. The molecule has 1 spiro atoms. The number of rotatable bonds is 2. The third kappa shape index (κ3) is 2.97. The number of nitrogens with one attached hydrogen (secondary N) is 1. The Balaban J connectivity index is 1.77. The smallest absolute Gasteiger partial charge is 0.0840 e. The monoisotopic (exact) mass is 310 g/mol. The van der Waals surface area contributed by atoms with Crippen molar-refractivity contribution in [1.82, 2.24) is 5.32 Å². The van der Waals surface area contributed by atoms with Gasteiger partial charge in [0.15, 0.2) is 0 Å². The van der Waals surface area contributed by atoms with Crippen LogP contribution in [-0.4, -0.2) is 38.4 Å². The zero-order chi connectivity index (χ0) is 14.9. The van der Waals surface area contributed by atoms with Crippen LogP contribution in [0.1, 0.15) is 18.4 Å². The zero-order valence-electron chi connectivity index (χ0n) is 12.2. The fourth-order valence-electron chi connectivity index (χ4n) is 3.33. The SMILES string of the molecule is NCc1c(N)cc(Cl)cc1N1CCC2(CC1)CNCCO2. The van der Waals surface area contributed by atoms with Gasteiger partial charge < -0.3 is 26.4 Å². The van der Waals surface area contributed by atoms with Gasteiger partial charge >= 0.3 is 0 Å². The van der Waals surface area contributed by atoms with Gasteiger partial charge in [-0.3, -0.25) is 0 Å². The number of nitrogens with two attached hydrogens (primary N) is 2. The van der Waals surface area contributed by atoms with Crippen LogP contribution >= 0.6 is 11.6 Å². The van der Waals surface area contributed by atoms with Crippen molar-refractivity contribution in [2.45, 2.75) is 25.0 Å². The van der Waals surface area contributed by atoms with E-state index in [9.17, 15) is 0 Å². The lowest BCUT2D eigenvalue weighted by Crippen LogP contribution is -2.55. The second-order valence-electron chi connectivity index (χ2n) is 5.89.